The lowest BCUT2D eigenvalue weighted by Gasteiger charge is -2.19. The molecule has 2 aromatic rings. The summed E-state index contributed by atoms with van der Waals surface area (Å²) in [5.74, 6) is -0.0123. The largest absolute Gasteiger partial charge is 0.379 e. The summed E-state index contributed by atoms with van der Waals surface area (Å²) in [5, 5.41) is 3.80. The fourth-order valence-electron chi connectivity index (χ4n) is 1.58. The van der Waals surface area contributed by atoms with Gasteiger partial charge in [0.25, 0.3) is 5.89 Å². The fourth-order valence-corrected chi connectivity index (χ4v) is 1.58. The first kappa shape index (κ1) is 13.6. The van der Waals surface area contributed by atoms with Crippen molar-refractivity contribution >= 4 is 0 Å². The SMILES string of the molecule is CCOCC(C)(N)c1noc(-c2ccccc2F)n1. The Bertz CT molecular complexity index is 554. The van der Waals surface area contributed by atoms with Gasteiger partial charge in [0.15, 0.2) is 5.82 Å². The van der Waals surface area contributed by atoms with Gasteiger partial charge >= 0.3 is 0 Å². The van der Waals surface area contributed by atoms with Crippen LogP contribution in [0.4, 0.5) is 4.39 Å². The zero-order valence-corrected chi connectivity index (χ0v) is 10.9. The first-order valence-electron chi connectivity index (χ1n) is 6.00. The summed E-state index contributed by atoms with van der Waals surface area (Å²) in [7, 11) is 0. The van der Waals surface area contributed by atoms with Crippen molar-refractivity contribution in [3.63, 3.8) is 0 Å². The minimum absolute atomic E-state index is 0.112. The van der Waals surface area contributed by atoms with Crippen molar-refractivity contribution in [2.45, 2.75) is 19.4 Å². The summed E-state index contributed by atoms with van der Waals surface area (Å²) in [5.41, 5.74) is 5.44. The van der Waals surface area contributed by atoms with Crippen LogP contribution in [0, 0.1) is 5.82 Å². The fraction of sp³-hybridized carbons (Fsp3) is 0.385. The second-order valence-corrected chi connectivity index (χ2v) is 4.46. The van der Waals surface area contributed by atoms with E-state index in [2.05, 4.69) is 10.1 Å². The topological polar surface area (TPSA) is 74.2 Å². The van der Waals surface area contributed by atoms with Gasteiger partial charge in [-0.15, -0.1) is 0 Å². The summed E-state index contributed by atoms with van der Waals surface area (Å²) in [6, 6.07) is 6.20. The highest BCUT2D eigenvalue weighted by molar-refractivity contribution is 5.53. The molecule has 1 heterocycles. The molecule has 102 valence electrons. The van der Waals surface area contributed by atoms with Crippen LogP contribution in [0.1, 0.15) is 19.7 Å². The molecule has 1 unspecified atom stereocenters. The number of halogens is 1. The van der Waals surface area contributed by atoms with Crippen molar-refractivity contribution in [2.24, 2.45) is 5.73 Å². The summed E-state index contributed by atoms with van der Waals surface area (Å²) in [4.78, 5) is 4.14. The van der Waals surface area contributed by atoms with Gasteiger partial charge in [0.2, 0.25) is 0 Å². The van der Waals surface area contributed by atoms with Crippen LogP contribution in [-0.2, 0) is 10.3 Å². The molecule has 0 fully saturated rings. The lowest BCUT2D eigenvalue weighted by Crippen LogP contribution is -2.39. The molecule has 1 atom stereocenters. The molecule has 0 amide bonds. The van der Waals surface area contributed by atoms with E-state index in [0.29, 0.717) is 12.4 Å². The number of ether oxygens (including phenoxy) is 1. The Kier molecular flexibility index (Phi) is 3.92. The van der Waals surface area contributed by atoms with E-state index in [-0.39, 0.29) is 18.1 Å². The maximum atomic E-state index is 13.6. The molecule has 0 aliphatic carbocycles. The van der Waals surface area contributed by atoms with Crippen molar-refractivity contribution < 1.29 is 13.7 Å². The Balaban J connectivity index is 2.27. The molecule has 2 rings (SSSR count). The first-order chi connectivity index (χ1) is 9.04. The van der Waals surface area contributed by atoms with Crippen LogP contribution in [0.15, 0.2) is 28.8 Å². The predicted octanol–water partition coefficient (Wildman–Crippen LogP) is 2.09. The monoisotopic (exact) mass is 265 g/mol. The first-order valence-corrected chi connectivity index (χ1v) is 6.00. The van der Waals surface area contributed by atoms with E-state index < -0.39 is 11.4 Å². The number of nitrogens with two attached hydrogens (primary N) is 1. The van der Waals surface area contributed by atoms with E-state index in [4.69, 9.17) is 15.0 Å². The summed E-state index contributed by atoms with van der Waals surface area (Å²) in [6.07, 6.45) is 0. The zero-order valence-electron chi connectivity index (χ0n) is 10.9. The Morgan fingerprint density at radius 2 is 2.16 bits per heavy atom. The highest BCUT2D eigenvalue weighted by Gasteiger charge is 2.28. The van der Waals surface area contributed by atoms with Gasteiger partial charge in [0.05, 0.1) is 12.2 Å². The van der Waals surface area contributed by atoms with E-state index in [0.717, 1.165) is 0 Å². The van der Waals surface area contributed by atoms with Crippen LogP contribution in [0.25, 0.3) is 11.5 Å². The number of hydrogen-bond donors (Lipinski definition) is 1. The van der Waals surface area contributed by atoms with Crippen molar-refractivity contribution in [2.75, 3.05) is 13.2 Å². The third-order valence-corrected chi connectivity index (χ3v) is 2.65. The van der Waals surface area contributed by atoms with Gasteiger partial charge in [0, 0.05) is 6.61 Å². The molecule has 1 aromatic heterocycles. The molecule has 19 heavy (non-hydrogen) atoms. The summed E-state index contributed by atoms with van der Waals surface area (Å²) in [6.45, 7) is 4.42. The van der Waals surface area contributed by atoms with Crippen molar-refractivity contribution in [3.8, 4) is 11.5 Å². The molecular weight excluding hydrogens is 249 g/mol. The molecule has 2 N–H and O–H groups in total. The molecule has 0 saturated heterocycles. The van der Waals surface area contributed by atoms with Gasteiger partial charge in [-0.2, -0.15) is 4.98 Å². The Morgan fingerprint density at radius 3 is 2.84 bits per heavy atom. The van der Waals surface area contributed by atoms with E-state index in [1.54, 1.807) is 25.1 Å². The standard InChI is InChI=1S/C13H16FN3O2/c1-3-18-8-13(2,15)12-16-11(19-17-12)9-6-4-5-7-10(9)14/h4-7H,3,8,15H2,1-2H3. The molecule has 5 nitrogen and oxygen atoms in total. The van der Waals surface area contributed by atoms with Crippen LogP contribution in [0.3, 0.4) is 0 Å². The highest BCUT2D eigenvalue weighted by atomic mass is 19.1. The summed E-state index contributed by atoms with van der Waals surface area (Å²) >= 11 is 0. The van der Waals surface area contributed by atoms with Crippen molar-refractivity contribution in [3.05, 3.63) is 35.9 Å². The minimum atomic E-state index is -0.872. The average Bonchev–Trinajstić information content (AvgIpc) is 2.87. The Hall–Kier alpha value is -1.79. The molecule has 0 aliphatic rings. The minimum Gasteiger partial charge on any atom is -0.379 e. The highest BCUT2D eigenvalue weighted by Crippen LogP contribution is 2.23. The van der Waals surface area contributed by atoms with Crippen LogP contribution < -0.4 is 5.73 Å². The van der Waals surface area contributed by atoms with Gasteiger partial charge < -0.3 is 15.0 Å². The predicted molar refractivity (Wildman–Crippen MR) is 67.7 cm³/mol. The normalized spacial score (nSPS) is 14.3. The zero-order chi connectivity index (χ0) is 13.9. The molecular formula is C13H16FN3O2. The molecule has 6 heteroatoms. The van der Waals surface area contributed by atoms with Crippen LogP contribution >= 0.6 is 0 Å². The molecule has 0 radical (unpaired) electrons. The second kappa shape index (κ2) is 5.46. The lowest BCUT2D eigenvalue weighted by atomic mass is 10.1. The Morgan fingerprint density at radius 1 is 1.42 bits per heavy atom. The number of aromatic nitrogens is 2. The van der Waals surface area contributed by atoms with E-state index in [9.17, 15) is 4.39 Å². The maximum Gasteiger partial charge on any atom is 0.260 e. The maximum absolute atomic E-state index is 13.6. The number of hydrogen-bond acceptors (Lipinski definition) is 5. The molecule has 0 spiro atoms. The number of rotatable bonds is 5. The smallest absolute Gasteiger partial charge is 0.260 e. The van der Waals surface area contributed by atoms with Crippen LogP contribution in [0.5, 0.6) is 0 Å². The summed E-state index contributed by atoms with van der Waals surface area (Å²) < 4.78 is 23.9. The Labute approximate surface area is 110 Å². The number of nitrogens with zero attached hydrogens (tertiary/aromatic N) is 2. The van der Waals surface area contributed by atoms with Gasteiger partial charge in [-0.3, -0.25) is 0 Å². The van der Waals surface area contributed by atoms with Gasteiger partial charge in [0.1, 0.15) is 11.4 Å². The van der Waals surface area contributed by atoms with Crippen molar-refractivity contribution in [1.82, 2.24) is 10.1 Å². The average molecular weight is 265 g/mol. The third kappa shape index (κ3) is 2.97. The van der Waals surface area contributed by atoms with Crippen LogP contribution in [-0.4, -0.2) is 23.4 Å². The lowest BCUT2D eigenvalue weighted by molar-refractivity contribution is 0.0962. The second-order valence-electron chi connectivity index (χ2n) is 4.46. The molecule has 1 aromatic carbocycles. The van der Waals surface area contributed by atoms with E-state index in [1.165, 1.54) is 6.07 Å². The van der Waals surface area contributed by atoms with Crippen LogP contribution in [0.2, 0.25) is 0 Å². The van der Waals surface area contributed by atoms with Gasteiger partial charge in [-0.1, -0.05) is 17.3 Å². The van der Waals surface area contributed by atoms with Gasteiger partial charge in [-0.05, 0) is 26.0 Å². The quantitative estimate of drug-likeness (QED) is 0.896. The number of benzene rings is 1. The molecule has 0 aliphatic heterocycles. The molecule has 0 saturated carbocycles. The van der Waals surface area contributed by atoms with E-state index in [1.807, 2.05) is 6.92 Å². The van der Waals surface area contributed by atoms with E-state index >= 15 is 0 Å². The van der Waals surface area contributed by atoms with Crippen molar-refractivity contribution in [1.29, 1.82) is 0 Å². The van der Waals surface area contributed by atoms with Gasteiger partial charge in [-0.25, -0.2) is 4.39 Å². The third-order valence-electron chi connectivity index (χ3n) is 2.65. The molecule has 0 bridgehead atoms.